The number of ether oxygens (including phenoxy) is 2. The van der Waals surface area contributed by atoms with Crippen molar-refractivity contribution in [2.75, 3.05) is 26.4 Å². The smallest absolute Gasteiger partial charge is 0.324 e. The Labute approximate surface area is 98.9 Å². The molecule has 1 unspecified atom stereocenters. The van der Waals surface area contributed by atoms with Gasteiger partial charge in [0.1, 0.15) is 12.6 Å². The third-order valence-electron chi connectivity index (χ3n) is 2.94. The summed E-state index contributed by atoms with van der Waals surface area (Å²) in [6, 6.07) is 0. The predicted octanol–water partition coefficient (Wildman–Crippen LogP) is -0.102. The highest BCUT2D eigenvalue weighted by Crippen LogP contribution is 2.28. The van der Waals surface area contributed by atoms with Crippen molar-refractivity contribution in [3.8, 4) is 0 Å². The Morgan fingerprint density at radius 1 is 1.18 bits per heavy atom. The second-order valence-electron chi connectivity index (χ2n) is 4.00. The molecule has 0 radical (unpaired) electrons. The highest BCUT2D eigenvalue weighted by molar-refractivity contribution is 6.07. The summed E-state index contributed by atoms with van der Waals surface area (Å²) in [6.07, 6.45) is 1.40. The summed E-state index contributed by atoms with van der Waals surface area (Å²) < 4.78 is 10.5. The molecule has 0 saturated carbocycles. The van der Waals surface area contributed by atoms with Gasteiger partial charge in [-0.2, -0.15) is 0 Å². The van der Waals surface area contributed by atoms with Crippen LogP contribution in [0.25, 0.3) is 0 Å². The van der Waals surface area contributed by atoms with Crippen molar-refractivity contribution in [1.29, 1.82) is 0 Å². The van der Waals surface area contributed by atoms with Crippen molar-refractivity contribution >= 4 is 18.5 Å². The summed E-state index contributed by atoms with van der Waals surface area (Å²) in [5, 5.41) is 9.05. The third kappa shape index (κ3) is 3.10. The van der Waals surface area contributed by atoms with Crippen molar-refractivity contribution in [3.05, 3.63) is 0 Å². The number of carbonyl (C=O) groups is 3. The molecule has 1 fully saturated rings. The van der Waals surface area contributed by atoms with E-state index in [2.05, 4.69) is 0 Å². The molecule has 1 atom stereocenters. The standard InChI is InChI=1S/C11H16O6/c12-7-11(8-13,10(14)15)9-2-5-16-3-1-4-17-6-9/h7-9H,1-6H2,(H,14,15). The Morgan fingerprint density at radius 3 is 2.41 bits per heavy atom. The van der Waals surface area contributed by atoms with Crippen molar-refractivity contribution < 1.29 is 29.0 Å². The van der Waals surface area contributed by atoms with Gasteiger partial charge in [-0.25, -0.2) is 0 Å². The van der Waals surface area contributed by atoms with Crippen LogP contribution in [0.15, 0.2) is 0 Å². The first-order valence-corrected chi connectivity index (χ1v) is 5.49. The maximum Gasteiger partial charge on any atom is 0.324 e. The predicted molar refractivity (Wildman–Crippen MR) is 56.6 cm³/mol. The third-order valence-corrected chi connectivity index (χ3v) is 2.94. The molecule has 96 valence electrons. The Morgan fingerprint density at radius 2 is 1.82 bits per heavy atom. The minimum Gasteiger partial charge on any atom is -0.480 e. The van der Waals surface area contributed by atoms with Gasteiger partial charge in [0, 0.05) is 25.7 Å². The fourth-order valence-electron chi connectivity index (χ4n) is 1.77. The Bertz CT molecular complexity index is 270. The second kappa shape index (κ2) is 6.46. The van der Waals surface area contributed by atoms with Gasteiger partial charge in [-0.3, -0.25) is 4.79 Å². The van der Waals surface area contributed by atoms with Gasteiger partial charge in [-0.1, -0.05) is 0 Å². The first-order valence-electron chi connectivity index (χ1n) is 5.49. The molecular formula is C11H16O6. The van der Waals surface area contributed by atoms with E-state index in [4.69, 9.17) is 14.6 Å². The summed E-state index contributed by atoms with van der Waals surface area (Å²) in [4.78, 5) is 33.1. The molecular weight excluding hydrogens is 228 g/mol. The second-order valence-corrected chi connectivity index (χ2v) is 4.00. The van der Waals surface area contributed by atoms with Crippen molar-refractivity contribution in [2.45, 2.75) is 12.8 Å². The molecule has 0 aromatic carbocycles. The van der Waals surface area contributed by atoms with E-state index in [9.17, 15) is 14.4 Å². The minimum atomic E-state index is -2.02. The highest BCUT2D eigenvalue weighted by Gasteiger charge is 2.46. The molecule has 0 amide bonds. The molecule has 1 aliphatic rings. The molecule has 0 aromatic heterocycles. The van der Waals surface area contributed by atoms with Gasteiger partial charge >= 0.3 is 5.97 Å². The van der Waals surface area contributed by atoms with Crippen molar-refractivity contribution in [3.63, 3.8) is 0 Å². The number of carbonyl (C=O) groups excluding carboxylic acids is 2. The van der Waals surface area contributed by atoms with E-state index >= 15 is 0 Å². The maximum absolute atomic E-state index is 11.1. The van der Waals surface area contributed by atoms with Crippen LogP contribution in [-0.4, -0.2) is 50.1 Å². The van der Waals surface area contributed by atoms with Crippen LogP contribution in [0.5, 0.6) is 0 Å². The Hall–Kier alpha value is -1.27. The van der Waals surface area contributed by atoms with Gasteiger partial charge in [0.15, 0.2) is 5.41 Å². The van der Waals surface area contributed by atoms with E-state index < -0.39 is 17.3 Å². The van der Waals surface area contributed by atoms with Crippen LogP contribution in [0.2, 0.25) is 0 Å². The number of carboxylic acid groups (broad SMARTS) is 1. The zero-order valence-corrected chi connectivity index (χ0v) is 9.46. The lowest BCUT2D eigenvalue weighted by Gasteiger charge is -2.26. The van der Waals surface area contributed by atoms with Crippen molar-refractivity contribution in [1.82, 2.24) is 0 Å². The molecule has 1 N–H and O–H groups in total. The molecule has 1 aliphatic heterocycles. The number of hydrogen-bond donors (Lipinski definition) is 1. The summed E-state index contributed by atoms with van der Waals surface area (Å²) in [7, 11) is 0. The van der Waals surface area contributed by atoms with E-state index in [0.29, 0.717) is 26.2 Å². The number of rotatable bonds is 4. The quantitative estimate of drug-likeness (QED) is 0.548. The molecule has 6 heteroatoms. The average molecular weight is 244 g/mol. The van der Waals surface area contributed by atoms with Gasteiger partial charge in [0.05, 0.1) is 6.61 Å². The number of hydrogen-bond acceptors (Lipinski definition) is 5. The van der Waals surface area contributed by atoms with E-state index in [1.54, 1.807) is 0 Å². The molecule has 6 nitrogen and oxygen atoms in total. The van der Waals surface area contributed by atoms with Gasteiger partial charge in [0.25, 0.3) is 0 Å². The van der Waals surface area contributed by atoms with E-state index in [0.717, 1.165) is 6.42 Å². The Balaban J connectivity index is 2.85. The first kappa shape index (κ1) is 13.8. The zero-order valence-electron chi connectivity index (χ0n) is 9.46. The van der Waals surface area contributed by atoms with Gasteiger partial charge in [0.2, 0.25) is 0 Å². The lowest BCUT2D eigenvalue weighted by atomic mass is 9.76. The van der Waals surface area contributed by atoms with E-state index in [-0.39, 0.29) is 19.2 Å². The van der Waals surface area contributed by atoms with Crippen LogP contribution in [0.1, 0.15) is 12.8 Å². The largest absolute Gasteiger partial charge is 0.480 e. The number of aliphatic carboxylic acids is 1. The molecule has 17 heavy (non-hydrogen) atoms. The zero-order chi connectivity index (χ0) is 12.7. The van der Waals surface area contributed by atoms with Gasteiger partial charge in [-0.15, -0.1) is 0 Å². The average Bonchev–Trinajstić information content (AvgIpc) is 2.45. The van der Waals surface area contributed by atoms with Crippen LogP contribution < -0.4 is 0 Å². The first-order chi connectivity index (χ1) is 8.17. The molecule has 1 rings (SSSR count). The van der Waals surface area contributed by atoms with Crippen molar-refractivity contribution in [2.24, 2.45) is 11.3 Å². The molecule has 1 heterocycles. The van der Waals surface area contributed by atoms with Gasteiger partial charge < -0.3 is 24.2 Å². The number of aldehydes is 2. The van der Waals surface area contributed by atoms with Crippen LogP contribution in [0, 0.1) is 11.3 Å². The molecule has 0 aromatic rings. The van der Waals surface area contributed by atoms with Crippen LogP contribution in [0.4, 0.5) is 0 Å². The SMILES string of the molecule is O=CC(C=O)(C(=O)O)C1CCOCCCOC1. The van der Waals surface area contributed by atoms with E-state index in [1.807, 2.05) is 0 Å². The topological polar surface area (TPSA) is 89.9 Å². The summed E-state index contributed by atoms with van der Waals surface area (Å²) >= 11 is 0. The molecule has 0 bridgehead atoms. The monoisotopic (exact) mass is 244 g/mol. The lowest BCUT2D eigenvalue weighted by Crippen LogP contribution is -2.44. The fraction of sp³-hybridized carbons (Fsp3) is 0.727. The number of carboxylic acids is 1. The summed E-state index contributed by atoms with van der Waals surface area (Å²) in [5.41, 5.74) is -2.02. The molecule has 0 aliphatic carbocycles. The summed E-state index contributed by atoms with van der Waals surface area (Å²) in [6.45, 7) is 1.37. The van der Waals surface area contributed by atoms with Crippen LogP contribution in [0.3, 0.4) is 0 Å². The lowest BCUT2D eigenvalue weighted by molar-refractivity contribution is -0.158. The Kier molecular flexibility index (Phi) is 5.24. The fourth-order valence-corrected chi connectivity index (χ4v) is 1.77. The van der Waals surface area contributed by atoms with Crippen LogP contribution >= 0.6 is 0 Å². The highest BCUT2D eigenvalue weighted by atomic mass is 16.5. The maximum atomic E-state index is 11.1. The molecule has 1 saturated heterocycles. The summed E-state index contributed by atoms with van der Waals surface area (Å²) in [5.74, 6) is -2.12. The van der Waals surface area contributed by atoms with Gasteiger partial charge in [-0.05, 0) is 12.8 Å². The molecule has 0 spiro atoms. The minimum absolute atomic E-state index is 0.0765. The van der Waals surface area contributed by atoms with Crippen LogP contribution in [-0.2, 0) is 23.9 Å². The van der Waals surface area contributed by atoms with E-state index in [1.165, 1.54) is 0 Å². The normalized spacial score (nSPS) is 22.9.